The number of likely N-dealkylation sites (N-methyl/N-ethyl adjacent to an activating group) is 1. The number of amides is 1. The standard InChI is InChI=1S/C33H37ClN4O3/c1-2-37(21-22-39)32(40)41-31-30(35-25-38(31)23-26-13-15-29(34)16-14-26)24-36-19-17-33(18-20-36,27-9-5-3-6-10-27)28-11-7-4-8-12-28/h3-16,25,39H,2,17-24H2,1H3. The quantitative estimate of drug-likeness (QED) is 0.253. The van der Waals surface area contributed by atoms with Crippen LogP contribution in [-0.2, 0) is 18.5 Å². The Morgan fingerprint density at radius 2 is 1.56 bits per heavy atom. The molecule has 0 saturated carbocycles. The molecule has 0 unspecified atom stereocenters. The summed E-state index contributed by atoms with van der Waals surface area (Å²) in [7, 11) is 0. The first-order valence-corrected chi connectivity index (χ1v) is 14.6. The molecule has 0 aliphatic carbocycles. The first-order chi connectivity index (χ1) is 20.0. The fraction of sp³-hybridized carbons (Fsp3) is 0.333. The molecule has 1 N–H and O–H groups in total. The smallest absolute Gasteiger partial charge is 0.395 e. The summed E-state index contributed by atoms with van der Waals surface area (Å²) in [6, 6.07) is 29.2. The van der Waals surface area contributed by atoms with E-state index in [4.69, 9.17) is 21.3 Å². The van der Waals surface area contributed by atoms with Gasteiger partial charge in [0.25, 0.3) is 0 Å². The number of halogens is 1. The van der Waals surface area contributed by atoms with Gasteiger partial charge < -0.3 is 14.7 Å². The number of ether oxygens (including phenoxy) is 1. The fourth-order valence-corrected chi connectivity index (χ4v) is 5.87. The minimum absolute atomic E-state index is 0.0474. The van der Waals surface area contributed by atoms with Crippen LogP contribution < -0.4 is 4.74 Å². The Morgan fingerprint density at radius 1 is 0.951 bits per heavy atom. The van der Waals surface area contributed by atoms with Crippen molar-refractivity contribution in [3.63, 3.8) is 0 Å². The highest BCUT2D eigenvalue weighted by Gasteiger charge is 2.38. The maximum absolute atomic E-state index is 13.0. The molecule has 8 heteroatoms. The van der Waals surface area contributed by atoms with E-state index in [1.54, 1.807) is 6.33 Å². The number of carbonyl (C=O) groups is 1. The number of hydrogen-bond acceptors (Lipinski definition) is 5. The molecule has 1 aliphatic heterocycles. The van der Waals surface area contributed by atoms with Gasteiger partial charge in [-0.1, -0.05) is 84.4 Å². The van der Waals surface area contributed by atoms with E-state index < -0.39 is 6.09 Å². The van der Waals surface area contributed by atoms with Crippen LogP contribution in [-0.4, -0.2) is 63.3 Å². The van der Waals surface area contributed by atoms with Crippen LogP contribution >= 0.6 is 11.6 Å². The van der Waals surface area contributed by atoms with Gasteiger partial charge in [0.1, 0.15) is 5.69 Å². The van der Waals surface area contributed by atoms with Gasteiger partial charge in [-0.3, -0.25) is 9.47 Å². The van der Waals surface area contributed by atoms with Crippen LogP contribution in [0.1, 0.15) is 42.1 Å². The lowest BCUT2D eigenvalue weighted by molar-refractivity contribution is 0.136. The summed E-state index contributed by atoms with van der Waals surface area (Å²) < 4.78 is 7.83. The van der Waals surface area contributed by atoms with E-state index in [0.29, 0.717) is 30.5 Å². The highest BCUT2D eigenvalue weighted by atomic mass is 35.5. The van der Waals surface area contributed by atoms with Crippen LogP contribution in [0.2, 0.25) is 5.02 Å². The second-order valence-corrected chi connectivity index (χ2v) is 10.9. The van der Waals surface area contributed by atoms with Gasteiger partial charge in [0.2, 0.25) is 5.88 Å². The Morgan fingerprint density at radius 3 is 2.12 bits per heavy atom. The topological polar surface area (TPSA) is 70.8 Å². The average molecular weight is 573 g/mol. The monoisotopic (exact) mass is 572 g/mol. The maximum Gasteiger partial charge on any atom is 0.416 e. The second kappa shape index (κ2) is 13.3. The van der Waals surface area contributed by atoms with Gasteiger partial charge in [0.05, 0.1) is 19.5 Å². The first kappa shape index (κ1) is 28.9. The van der Waals surface area contributed by atoms with E-state index in [1.165, 1.54) is 16.0 Å². The molecule has 1 amide bonds. The first-order valence-electron chi connectivity index (χ1n) is 14.2. The third-order valence-corrected chi connectivity index (χ3v) is 8.31. The van der Waals surface area contributed by atoms with Gasteiger partial charge in [-0.15, -0.1) is 0 Å². The lowest BCUT2D eigenvalue weighted by Crippen LogP contribution is -2.43. The molecule has 0 spiro atoms. The molecule has 5 rings (SSSR count). The fourth-order valence-electron chi connectivity index (χ4n) is 5.75. The van der Waals surface area contributed by atoms with E-state index >= 15 is 0 Å². The zero-order chi connectivity index (χ0) is 28.7. The normalized spacial score (nSPS) is 15.0. The maximum atomic E-state index is 13.0. The molecule has 214 valence electrons. The third kappa shape index (κ3) is 6.64. The Balaban J connectivity index is 1.37. The van der Waals surface area contributed by atoms with Crippen LogP contribution in [0, 0.1) is 0 Å². The van der Waals surface area contributed by atoms with Gasteiger partial charge in [-0.25, -0.2) is 9.78 Å². The molecule has 0 radical (unpaired) electrons. The molecule has 1 saturated heterocycles. The van der Waals surface area contributed by atoms with Crippen LogP contribution in [0.15, 0.2) is 91.3 Å². The zero-order valence-corrected chi connectivity index (χ0v) is 24.2. The summed E-state index contributed by atoms with van der Waals surface area (Å²) >= 11 is 6.09. The molecule has 2 heterocycles. The van der Waals surface area contributed by atoms with Crippen LogP contribution in [0.5, 0.6) is 5.88 Å². The predicted molar refractivity (Wildman–Crippen MR) is 161 cm³/mol. The lowest BCUT2D eigenvalue weighted by Gasteiger charge is -2.42. The Labute approximate surface area is 247 Å². The van der Waals surface area contributed by atoms with Crippen LogP contribution in [0.25, 0.3) is 0 Å². The number of likely N-dealkylation sites (tertiary alicyclic amines) is 1. The molecule has 41 heavy (non-hydrogen) atoms. The number of nitrogens with zero attached hydrogens (tertiary/aromatic N) is 4. The summed E-state index contributed by atoms with van der Waals surface area (Å²) in [6.45, 7) is 5.21. The molecule has 7 nitrogen and oxygen atoms in total. The van der Waals surface area contributed by atoms with Crippen LogP contribution in [0.4, 0.5) is 4.79 Å². The van der Waals surface area contributed by atoms with E-state index in [2.05, 4.69) is 65.6 Å². The van der Waals surface area contributed by atoms with Gasteiger partial charge in [0, 0.05) is 30.1 Å². The molecule has 1 aromatic heterocycles. The van der Waals surface area contributed by atoms with E-state index in [9.17, 15) is 9.90 Å². The summed E-state index contributed by atoms with van der Waals surface area (Å²) in [5.74, 6) is 0.435. The van der Waals surface area contributed by atoms with Crippen molar-refractivity contribution in [2.75, 3.05) is 32.8 Å². The number of imidazole rings is 1. The number of aromatic nitrogens is 2. The minimum atomic E-state index is -0.494. The van der Waals surface area contributed by atoms with Crippen molar-refractivity contribution in [2.45, 2.75) is 38.3 Å². The zero-order valence-electron chi connectivity index (χ0n) is 23.5. The SMILES string of the molecule is CCN(CCO)C(=O)Oc1c(CN2CCC(c3ccccc3)(c3ccccc3)CC2)ncn1Cc1ccc(Cl)cc1. The Kier molecular flexibility index (Phi) is 9.39. The van der Waals surface area contributed by atoms with Crippen molar-refractivity contribution < 1.29 is 14.6 Å². The predicted octanol–water partition coefficient (Wildman–Crippen LogP) is 5.98. The summed E-state index contributed by atoms with van der Waals surface area (Å²) in [5, 5.41) is 10.1. The van der Waals surface area contributed by atoms with Crippen molar-refractivity contribution in [1.82, 2.24) is 19.4 Å². The number of carbonyl (C=O) groups excluding carboxylic acids is 1. The van der Waals surface area contributed by atoms with Crippen LogP contribution in [0.3, 0.4) is 0 Å². The third-order valence-electron chi connectivity index (χ3n) is 8.06. The molecule has 0 atom stereocenters. The number of rotatable bonds is 10. The average Bonchev–Trinajstić information content (AvgIpc) is 3.38. The molecular weight excluding hydrogens is 536 g/mol. The van der Waals surface area contributed by atoms with Crippen molar-refractivity contribution in [3.05, 3.63) is 119 Å². The molecule has 4 aromatic rings. The minimum Gasteiger partial charge on any atom is -0.395 e. The van der Waals surface area contributed by atoms with Gasteiger partial charge >= 0.3 is 6.09 Å². The van der Waals surface area contributed by atoms with Crippen molar-refractivity contribution in [3.8, 4) is 5.88 Å². The van der Waals surface area contributed by atoms with Crippen molar-refractivity contribution >= 4 is 17.7 Å². The van der Waals surface area contributed by atoms with Crippen molar-refractivity contribution in [2.24, 2.45) is 0 Å². The number of aliphatic hydroxyl groups excluding tert-OH is 1. The highest BCUT2D eigenvalue weighted by molar-refractivity contribution is 6.30. The Bertz CT molecular complexity index is 1360. The molecule has 1 fully saturated rings. The molecular formula is C33H37ClN4O3. The number of hydrogen-bond donors (Lipinski definition) is 1. The number of piperidine rings is 1. The van der Waals surface area contributed by atoms with Crippen molar-refractivity contribution in [1.29, 1.82) is 0 Å². The highest BCUT2D eigenvalue weighted by Crippen LogP contribution is 2.42. The lowest BCUT2D eigenvalue weighted by atomic mass is 9.68. The molecule has 3 aromatic carbocycles. The Hall–Kier alpha value is -3.65. The number of aliphatic hydroxyl groups is 1. The summed E-state index contributed by atoms with van der Waals surface area (Å²) in [4.78, 5) is 21.6. The summed E-state index contributed by atoms with van der Waals surface area (Å²) in [5.41, 5.74) is 4.38. The number of benzene rings is 3. The molecule has 1 aliphatic rings. The van der Waals surface area contributed by atoms with Gasteiger partial charge in [-0.05, 0) is 61.7 Å². The second-order valence-electron chi connectivity index (χ2n) is 10.5. The van der Waals surface area contributed by atoms with Gasteiger partial charge in [-0.2, -0.15) is 0 Å². The van der Waals surface area contributed by atoms with Gasteiger partial charge in [0.15, 0.2) is 0 Å². The largest absolute Gasteiger partial charge is 0.416 e. The summed E-state index contributed by atoms with van der Waals surface area (Å²) in [6.07, 6.45) is 3.19. The van der Waals surface area contributed by atoms with E-state index in [0.717, 1.165) is 37.2 Å². The van der Waals surface area contributed by atoms with E-state index in [-0.39, 0.29) is 18.6 Å². The molecule has 0 bridgehead atoms. The van der Waals surface area contributed by atoms with E-state index in [1.807, 2.05) is 35.8 Å².